The number of hydrogen-bond acceptors (Lipinski definition) is 2. The highest BCUT2D eigenvalue weighted by molar-refractivity contribution is 5.97. The second kappa shape index (κ2) is 4.70. The second-order valence-corrected chi connectivity index (χ2v) is 4.06. The lowest BCUT2D eigenvalue weighted by Crippen LogP contribution is -2.26. The number of nitrogens with zero attached hydrogens (tertiary/aromatic N) is 1. The Balaban J connectivity index is 2.07. The molecule has 4 heteroatoms. The van der Waals surface area contributed by atoms with Gasteiger partial charge in [-0.05, 0) is 38.1 Å². The SMILES string of the molecule is O=C(CN1CCCC1)c1cc(F)cc(F)c1. The molecule has 1 saturated heterocycles. The molecule has 2 nitrogen and oxygen atoms in total. The molecule has 1 aromatic carbocycles. The van der Waals surface area contributed by atoms with Crippen LogP contribution in [0, 0.1) is 11.6 Å². The van der Waals surface area contributed by atoms with Crippen LogP contribution in [0.3, 0.4) is 0 Å². The molecule has 0 atom stereocenters. The third kappa shape index (κ3) is 2.64. The second-order valence-electron chi connectivity index (χ2n) is 4.06. The van der Waals surface area contributed by atoms with Crippen molar-refractivity contribution in [2.75, 3.05) is 19.6 Å². The Bertz CT molecular complexity index is 380. The number of ketones is 1. The zero-order chi connectivity index (χ0) is 11.5. The van der Waals surface area contributed by atoms with Crippen LogP contribution in [0.4, 0.5) is 8.78 Å². The minimum atomic E-state index is -0.704. The van der Waals surface area contributed by atoms with E-state index in [9.17, 15) is 13.6 Å². The molecule has 0 amide bonds. The first-order valence-electron chi connectivity index (χ1n) is 5.37. The number of rotatable bonds is 3. The molecule has 0 aromatic heterocycles. The van der Waals surface area contributed by atoms with Crippen molar-refractivity contribution in [1.82, 2.24) is 4.90 Å². The lowest BCUT2D eigenvalue weighted by atomic mass is 10.1. The van der Waals surface area contributed by atoms with E-state index in [2.05, 4.69) is 0 Å². The van der Waals surface area contributed by atoms with E-state index in [1.807, 2.05) is 4.90 Å². The highest BCUT2D eigenvalue weighted by Gasteiger charge is 2.17. The van der Waals surface area contributed by atoms with Crippen molar-refractivity contribution in [1.29, 1.82) is 0 Å². The van der Waals surface area contributed by atoms with Crippen LogP contribution < -0.4 is 0 Å². The summed E-state index contributed by atoms with van der Waals surface area (Å²) >= 11 is 0. The predicted molar refractivity (Wildman–Crippen MR) is 56.4 cm³/mol. The van der Waals surface area contributed by atoms with Crippen molar-refractivity contribution < 1.29 is 13.6 Å². The fourth-order valence-electron chi connectivity index (χ4n) is 1.95. The summed E-state index contributed by atoms with van der Waals surface area (Å²) in [5.41, 5.74) is 0.115. The summed E-state index contributed by atoms with van der Waals surface area (Å²) in [7, 11) is 0. The van der Waals surface area contributed by atoms with E-state index in [0.717, 1.165) is 44.1 Å². The Hall–Kier alpha value is -1.29. The molecule has 0 saturated carbocycles. The van der Waals surface area contributed by atoms with E-state index in [0.29, 0.717) is 0 Å². The van der Waals surface area contributed by atoms with Gasteiger partial charge in [-0.2, -0.15) is 0 Å². The molecular weight excluding hydrogens is 212 g/mol. The van der Waals surface area contributed by atoms with Gasteiger partial charge >= 0.3 is 0 Å². The maximum Gasteiger partial charge on any atom is 0.177 e. The summed E-state index contributed by atoms with van der Waals surface area (Å²) in [6, 6.07) is 2.94. The van der Waals surface area contributed by atoms with Gasteiger partial charge in [0.15, 0.2) is 5.78 Å². The highest BCUT2D eigenvalue weighted by Crippen LogP contribution is 2.12. The van der Waals surface area contributed by atoms with Crippen LogP contribution >= 0.6 is 0 Å². The monoisotopic (exact) mass is 225 g/mol. The van der Waals surface area contributed by atoms with E-state index < -0.39 is 11.6 Å². The molecule has 16 heavy (non-hydrogen) atoms. The van der Waals surface area contributed by atoms with Crippen LogP contribution in [-0.2, 0) is 0 Å². The fourth-order valence-corrected chi connectivity index (χ4v) is 1.95. The number of hydrogen-bond donors (Lipinski definition) is 0. The van der Waals surface area contributed by atoms with E-state index >= 15 is 0 Å². The molecule has 1 aliphatic heterocycles. The van der Waals surface area contributed by atoms with Crippen molar-refractivity contribution in [2.45, 2.75) is 12.8 Å². The smallest absolute Gasteiger partial charge is 0.177 e. The minimum Gasteiger partial charge on any atom is -0.296 e. The third-order valence-electron chi connectivity index (χ3n) is 2.75. The molecule has 0 unspecified atom stereocenters. The normalized spacial score (nSPS) is 16.6. The molecule has 1 aromatic rings. The van der Waals surface area contributed by atoms with Crippen LogP contribution in [0.15, 0.2) is 18.2 Å². The number of benzene rings is 1. The van der Waals surface area contributed by atoms with E-state index in [1.165, 1.54) is 0 Å². The van der Waals surface area contributed by atoms with E-state index in [1.54, 1.807) is 0 Å². The molecule has 0 bridgehead atoms. The summed E-state index contributed by atoms with van der Waals surface area (Å²) in [6.07, 6.45) is 2.18. The number of carbonyl (C=O) groups is 1. The first-order chi connectivity index (χ1) is 7.65. The quantitative estimate of drug-likeness (QED) is 0.735. The van der Waals surface area contributed by atoms with Gasteiger partial charge in [-0.3, -0.25) is 9.69 Å². The summed E-state index contributed by atoms with van der Waals surface area (Å²) in [5.74, 6) is -1.63. The number of likely N-dealkylation sites (tertiary alicyclic amines) is 1. The van der Waals surface area contributed by atoms with Gasteiger partial charge in [-0.1, -0.05) is 0 Å². The predicted octanol–water partition coefficient (Wildman–Crippen LogP) is 2.24. The third-order valence-corrected chi connectivity index (χ3v) is 2.75. The number of carbonyl (C=O) groups excluding carboxylic acids is 1. The van der Waals surface area contributed by atoms with Gasteiger partial charge in [-0.15, -0.1) is 0 Å². The molecular formula is C12H13F2NO. The largest absolute Gasteiger partial charge is 0.296 e. The van der Waals surface area contributed by atoms with E-state index in [4.69, 9.17) is 0 Å². The van der Waals surface area contributed by atoms with E-state index in [-0.39, 0.29) is 17.9 Å². The standard InChI is InChI=1S/C12H13F2NO/c13-10-5-9(6-11(14)7-10)12(16)8-15-3-1-2-4-15/h5-7H,1-4,8H2. The number of Topliss-reactive ketones (excluding diaryl/α,β-unsaturated/α-hetero) is 1. The van der Waals surface area contributed by atoms with Crippen LogP contribution in [0.25, 0.3) is 0 Å². The Morgan fingerprint density at radius 2 is 1.69 bits per heavy atom. The summed E-state index contributed by atoms with van der Waals surface area (Å²) in [4.78, 5) is 13.7. The molecule has 0 N–H and O–H groups in total. The maximum atomic E-state index is 12.9. The number of halogens is 2. The Morgan fingerprint density at radius 3 is 2.25 bits per heavy atom. The first kappa shape index (κ1) is 11.2. The van der Waals surface area contributed by atoms with Crippen LogP contribution in [-0.4, -0.2) is 30.3 Å². The molecule has 1 fully saturated rings. The van der Waals surface area contributed by atoms with Crippen molar-refractivity contribution >= 4 is 5.78 Å². The molecule has 86 valence electrons. The lowest BCUT2D eigenvalue weighted by Gasteiger charge is -2.13. The van der Waals surface area contributed by atoms with Crippen LogP contribution in [0.2, 0.25) is 0 Å². The van der Waals surface area contributed by atoms with Gasteiger partial charge in [0.1, 0.15) is 11.6 Å². The molecule has 1 heterocycles. The Kier molecular flexibility index (Phi) is 3.29. The maximum absolute atomic E-state index is 12.9. The van der Waals surface area contributed by atoms with Gasteiger partial charge in [0.25, 0.3) is 0 Å². The van der Waals surface area contributed by atoms with Gasteiger partial charge in [-0.25, -0.2) is 8.78 Å². The average molecular weight is 225 g/mol. The minimum absolute atomic E-state index is 0.115. The van der Waals surface area contributed by atoms with Gasteiger partial charge in [0.05, 0.1) is 6.54 Å². The van der Waals surface area contributed by atoms with Crippen molar-refractivity contribution in [3.05, 3.63) is 35.4 Å². The average Bonchev–Trinajstić information content (AvgIpc) is 2.68. The summed E-state index contributed by atoms with van der Waals surface area (Å²) in [5, 5.41) is 0. The van der Waals surface area contributed by atoms with Gasteiger partial charge < -0.3 is 0 Å². The fraction of sp³-hybridized carbons (Fsp3) is 0.417. The zero-order valence-corrected chi connectivity index (χ0v) is 8.88. The highest BCUT2D eigenvalue weighted by atomic mass is 19.1. The molecule has 0 spiro atoms. The van der Waals surface area contributed by atoms with Crippen molar-refractivity contribution in [2.24, 2.45) is 0 Å². The molecule has 2 rings (SSSR count). The first-order valence-corrected chi connectivity index (χ1v) is 5.37. The van der Waals surface area contributed by atoms with Crippen LogP contribution in [0.5, 0.6) is 0 Å². The molecule has 1 aliphatic rings. The molecule has 0 radical (unpaired) electrons. The topological polar surface area (TPSA) is 20.3 Å². The summed E-state index contributed by atoms with van der Waals surface area (Å²) < 4.78 is 25.8. The van der Waals surface area contributed by atoms with Crippen LogP contribution in [0.1, 0.15) is 23.2 Å². The summed E-state index contributed by atoms with van der Waals surface area (Å²) in [6.45, 7) is 2.04. The Morgan fingerprint density at radius 1 is 1.12 bits per heavy atom. The van der Waals surface area contributed by atoms with Gasteiger partial charge in [0.2, 0.25) is 0 Å². The zero-order valence-electron chi connectivity index (χ0n) is 8.88. The Labute approximate surface area is 92.9 Å². The van der Waals surface area contributed by atoms with Crippen molar-refractivity contribution in [3.8, 4) is 0 Å². The lowest BCUT2D eigenvalue weighted by molar-refractivity contribution is 0.0944. The van der Waals surface area contributed by atoms with Crippen molar-refractivity contribution in [3.63, 3.8) is 0 Å². The van der Waals surface area contributed by atoms with Gasteiger partial charge in [0, 0.05) is 11.6 Å². The molecule has 0 aliphatic carbocycles.